The maximum Gasteiger partial charge on any atom is 0.228 e. The highest BCUT2D eigenvalue weighted by Crippen LogP contribution is 2.38. The Kier molecular flexibility index (Phi) is 4.50. The minimum atomic E-state index is -0.144. The molecule has 0 bridgehead atoms. The number of amides is 1. The molecule has 0 fully saturated rings. The minimum absolute atomic E-state index is 0.0899. The lowest BCUT2D eigenvalue weighted by Gasteiger charge is -2.20. The van der Waals surface area contributed by atoms with Crippen molar-refractivity contribution in [1.29, 1.82) is 0 Å². The standard InChI is InChI=1S/C13H17ClN2O3/c1-8(7-15-2)13(17)16-10-6-12-11(5-9(10)14)18-3-4-19-12/h5-6,8,15H,3-4,7H2,1-2H3,(H,16,17). The Morgan fingerprint density at radius 1 is 1.37 bits per heavy atom. The lowest BCUT2D eigenvalue weighted by molar-refractivity contribution is -0.119. The quantitative estimate of drug-likeness (QED) is 0.887. The van der Waals surface area contributed by atoms with Gasteiger partial charge in [-0.3, -0.25) is 4.79 Å². The minimum Gasteiger partial charge on any atom is -0.486 e. The first-order valence-electron chi connectivity index (χ1n) is 6.16. The number of halogens is 1. The fourth-order valence-electron chi connectivity index (χ4n) is 1.81. The van der Waals surface area contributed by atoms with Crippen molar-refractivity contribution in [2.45, 2.75) is 6.92 Å². The Labute approximate surface area is 117 Å². The van der Waals surface area contributed by atoms with E-state index in [-0.39, 0.29) is 11.8 Å². The number of rotatable bonds is 4. The summed E-state index contributed by atoms with van der Waals surface area (Å²) in [4.78, 5) is 11.9. The van der Waals surface area contributed by atoms with Gasteiger partial charge in [0.2, 0.25) is 5.91 Å². The third-order valence-corrected chi connectivity index (χ3v) is 3.16. The highest BCUT2D eigenvalue weighted by Gasteiger charge is 2.18. The van der Waals surface area contributed by atoms with Crippen LogP contribution in [0.1, 0.15) is 6.92 Å². The number of hydrogen-bond acceptors (Lipinski definition) is 4. The average molecular weight is 285 g/mol. The van der Waals surface area contributed by atoms with Gasteiger partial charge in [-0.1, -0.05) is 18.5 Å². The molecule has 0 radical (unpaired) electrons. The molecule has 0 saturated heterocycles. The Bertz CT molecular complexity index is 479. The number of carbonyl (C=O) groups is 1. The highest BCUT2D eigenvalue weighted by molar-refractivity contribution is 6.34. The van der Waals surface area contributed by atoms with Crippen molar-refractivity contribution in [2.24, 2.45) is 5.92 Å². The molecule has 0 spiro atoms. The van der Waals surface area contributed by atoms with E-state index in [1.807, 2.05) is 6.92 Å². The second-order valence-corrected chi connectivity index (χ2v) is 4.83. The maximum atomic E-state index is 11.9. The molecule has 1 unspecified atom stereocenters. The van der Waals surface area contributed by atoms with Crippen molar-refractivity contribution >= 4 is 23.2 Å². The lowest BCUT2D eigenvalue weighted by atomic mass is 10.1. The topological polar surface area (TPSA) is 59.6 Å². The zero-order valence-corrected chi connectivity index (χ0v) is 11.7. The van der Waals surface area contributed by atoms with Gasteiger partial charge in [-0.15, -0.1) is 0 Å². The molecule has 2 rings (SSSR count). The molecule has 1 aromatic carbocycles. The number of ether oxygens (including phenoxy) is 2. The number of benzene rings is 1. The maximum absolute atomic E-state index is 11.9. The summed E-state index contributed by atoms with van der Waals surface area (Å²) in [6.45, 7) is 3.46. The fourth-order valence-corrected chi connectivity index (χ4v) is 2.02. The fraction of sp³-hybridized carbons (Fsp3) is 0.462. The third-order valence-electron chi connectivity index (χ3n) is 2.85. The van der Waals surface area contributed by atoms with Crippen LogP contribution in [0.4, 0.5) is 5.69 Å². The van der Waals surface area contributed by atoms with Crippen molar-refractivity contribution in [3.05, 3.63) is 17.2 Å². The van der Waals surface area contributed by atoms with Crippen LogP contribution < -0.4 is 20.1 Å². The molecule has 5 nitrogen and oxygen atoms in total. The monoisotopic (exact) mass is 284 g/mol. The first kappa shape index (κ1) is 14.0. The van der Waals surface area contributed by atoms with Gasteiger partial charge in [-0.25, -0.2) is 0 Å². The zero-order chi connectivity index (χ0) is 13.8. The second-order valence-electron chi connectivity index (χ2n) is 4.42. The van der Waals surface area contributed by atoms with Crippen molar-refractivity contribution in [3.63, 3.8) is 0 Å². The normalized spacial score (nSPS) is 14.9. The smallest absolute Gasteiger partial charge is 0.228 e. The predicted octanol–water partition coefficient (Wildman–Crippen LogP) is 1.91. The van der Waals surface area contributed by atoms with E-state index in [1.54, 1.807) is 19.2 Å². The summed E-state index contributed by atoms with van der Waals surface area (Å²) < 4.78 is 10.9. The summed E-state index contributed by atoms with van der Waals surface area (Å²) in [5.74, 6) is 0.979. The summed E-state index contributed by atoms with van der Waals surface area (Å²) in [6.07, 6.45) is 0. The molecular formula is C13H17ClN2O3. The van der Waals surface area contributed by atoms with E-state index in [4.69, 9.17) is 21.1 Å². The molecule has 0 saturated carbocycles. The van der Waals surface area contributed by atoms with Gasteiger partial charge < -0.3 is 20.1 Å². The highest BCUT2D eigenvalue weighted by atomic mass is 35.5. The van der Waals surface area contributed by atoms with E-state index in [9.17, 15) is 4.79 Å². The average Bonchev–Trinajstić information content (AvgIpc) is 2.39. The summed E-state index contributed by atoms with van der Waals surface area (Å²) >= 11 is 6.12. The van der Waals surface area contributed by atoms with Crippen LogP contribution in [0, 0.1) is 5.92 Å². The lowest BCUT2D eigenvalue weighted by Crippen LogP contribution is -2.28. The van der Waals surface area contributed by atoms with Gasteiger partial charge in [0.15, 0.2) is 11.5 Å². The van der Waals surface area contributed by atoms with Crippen molar-refractivity contribution < 1.29 is 14.3 Å². The van der Waals surface area contributed by atoms with Gasteiger partial charge in [0.1, 0.15) is 13.2 Å². The van der Waals surface area contributed by atoms with Gasteiger partial charge in [-0.05, 0) is 7.05 Å². The van der Waals surface area contributed by atoms with Crippen molar-refractivity contribution in [2.75, 3.05) is 32.1 Å². The number of nitrogens with one attached hydrogen (secondary N) is 2. The molecule has 1 heterocycles. The number of fused-ring (bicyclic) bond motifs is 1. The second kappa shape index (κ2) is 6.12. The van der Waals surface area contributed by atoms with E-state index in [0.717, 1.165) is 0 Å². The Balaban J connectivity index is 2.14. The predicted molar refractivity (Wildman–Crippen MR) is 74.2 cm³/mol. The molecule has 0 aliphatic carbocycles. The van der Waals surface area contributed by atoms with Gasteiger partial charge in [-0.2, -0.15) is 0 Å². The van der Waals surface area contributed by atoms with E-state index in [0.29, 0.717) is 42.0 Å². The number of carbonyl (C=O) groups excluding carboxylic acids is 1. The molecule has 0 aromatic heterocycles. The van der Waals surface area contributed by atoms with Crippen LogP contribution in [0.5, 0.6) is 11.5 Å². The van der Waals surface area contributed by atoms with E-state index < -0.39 is 0 Å². The summed E-state index contributed by atoms with van der Waals surface area (Å²) in [5.41, 5.74) is 0.541. The number of hydrogen-bond donors (Lipinski definition) is 2. The van der Waals surface area contributed by atoms with Crippen LogP contribution in [-0.4, -0.2) is 32.7 Å². The zero-order valence-electron chi connectivity index (χ0n) is 11.0. The van der Waals surface area contributed by atoms with E-state index >= 15 is 0 Å². The first-order valence-corrected chi connectivity index (χ1v) is 6.54. The van der Waals surface area contributed by atoms with Crippen LogP contribution in [0.2, 0.25) is 5.02 Å². The molecule has 1 atom stereocenters. The molecule has 19 heavy (non-hydrogen) atoms. The molecule has 1 aliphatic rings. The van der Waals surface area contributed by atoms with Crippen LogP contribution in [-0.2, 0) is 4.79 Å². The van der Waals surface area contributed by atoms with Gasteiger partial charge in [0.25, 0.3) is 0 Å². The number of anilines is 1. The molecular weight excluding hydrogens is 268 g/mol. The van der Waals surface area contributed by atoms with Crippen LogP contribution in [0.3, 0.4) is 0 Å². The molecule has 1 aliphatic heterocycles. The Morgan fingerprint density at radius 2 is 2.00 bits per heavy atom. The first-order chi connectivity index (χ1) is 9.11. The Hall–Kier alpha value is -1.46. The molecule has 1 aromatic rings. The Morgan fingerprint density at radius 3 is 2.63 bits per heavy atom. The van der Waals surface area contributed by atoms with Gasteiger partial charge in [0, 0.05) is 24.6 Å². The van der Waals surface area contributed by atoms with Gasteiger partial charge in [0.05, 0.1) is 10.7 Å². The van der Waals surface area contributed by atoms with Crippen LogP contribution in [0.15, 0.2) is 12.1 Å². The summed E-state index contributed by atoms with van der Waals surface area (Å²) in [7, 11) is 1.81. The molecule has 1 amide bonds. The summed E-state index contributed by atoms with van der Waals surface area (Å²) in [5, 5.41) is 6.20. The molecule has 6 heteroatoms. The molecule has 2 N–H and O–H groups in total. The van der Waals surface area contributed by atoms with Crippen LogP contribution in [0.25, 0.3) is 0 Å². The third kappa shape index (κ3) is 3.30. The van der Waals surface area contributed by atoms with Crippen molar-refractivity contribution in [1.82, 2.24) is 5.32 Å². The van der Waals surface area contributed by atoms with Crippen LogP contribution >= 0.6 is 11.6 Å². The van der Waals surface area contributed by atoms with E-state index in [2.05, 4.69) is 10.6 Å². The summed E-state index contributed by atoms with van der Waals surface area (Å²) in [6, 6.07) is 3.36. The van der Waals surface area contributed by atoms with Gasteiger partial charge >= 0.3 is 0 Å². The SMILES string of the molecule is CNCC(C)C(=O)Nc1cc2c(cc1Cl)OCCO2. The largest absolute Gasteiger partial charge is 0.486 e. The van der Waals surface area contributed by atoms with E-state index in [1.165, 1.54) is 0 Å². The van der Waals surface area contributed by atoms with Crippen molar-refractivity contribution in [3.8, 4) is 11.5 Å². The molecule has 104 valence electrons.